The van der Waals surface area contributed by atoms with Gasteiger partial charge in [0.1, 0.15) is 18.0 Å². The Kier molecular flexibility index (Phi) is 6.08. The van der Waals surface area contributed by atoms with Crippen molar-refractivity contribution in [2.45, 2.75) is 33.6 Å². The second-order valence-electron chi connectivity index (χ2n) is 8.14. The van der Waals surface area contributed by atoms with Crippen molar-refractivity contribution in [1.82, 2.24) is 19.9 Å². The summed E-state index contributed by atoms with van der Waals surface area (Å²) in [5.74, 6) is 1.43. The van der Waals surface area contributed by atoms with Crippen molar-refractivity contribution in [3.05, 3.63) is 53.9 Å². The van der Waals surface area contributed by atoms with Crippen LogP contribution >= 0.6 is 0 Å². The van der Waals surface area contributed by atoms with Crippen molar-refractivity contribution in [3.63, 3.8) is 0 Å². The minimum absolute atomic E-state index is 0.0227. The molecule has 2 N–H and O–H groups in total. The predicted octanol–water partition coefficient (Wildman–Crippen LogP) is 3.54. The maximum atomic E-state index is 11.9. The lowest BCUT2D eigenvalue weighted by Gasteiger charge is -2.35. The molecule has 0 aliphatic carbocycles. The Balaban J connectivity index is 1.75. The largest absolute Gasteiger partial charge is 0.384 e. The van der Waals surface area contributed by atoms with Gasteiger partial charge in [0.05, 0.1) is 11.2 Å². The minimum Gasteiger partial charge on any atom is -0.384 e. The molecule has 0 unspecified atom stereocenters. The molecule has 4 rings (SSSR count). The monoisotopic (exact) mass is 430 g/mol. The zero-order valence-corrected chi connectivity index (χ0v) is 19.1. The van der Waals surface area contributed by atoms with Crippen molar-refractivity contribution in [1.29, 1.82) is 0 Å². The molecule has 3 heterocycles. The van der Waals surface area contributed by atoms with Gasteiger partial charge in [0, 0.05) is 37.1 Å². The molecule has 0 saturated carbocycles. The lowest BCUT2D eigenvalue weighted by molar-refractivity contribution is -0.126. The van der Waals surface area contributed by atoms with Gasteiger partial charge in [-0.1, -0.05) is 20.4 Å². The number of carbonyl (C=O) groups excluding carboxylic acids is 1. The number of nitrogen functional groups attached to an aromatic ring is 1. The summed E-state index contributed by atoms with van der Waals surface area (Å²) in [7, 11) is 0. The highest BCUT2D eigenvalue weighted by Gasteiger charge is 2.23. The summed E-state index contributed by atoms with van der Waals surface area (Å²) in [5.41, 5.74) is 12.6. The molecule has 32 heavy (non-hydrogen) atoms. The van der Waals surface area contributed by atoms with E-state index in [4.69, 9.17) is 10.7 Å². The van der Waals surface area contributed by atoms with Crippen LogP contribution in [0.2, 0.25) is 0 Å². The van der Waals surface area contributed by atoms with E-state index in [-0.39, 0.29) is 5.91 Å². The molecule has 7 heteroatoms. The van der Waals surface area contributed by atoms with Crippen LogP contribution in [0.4, 0.5) is 11.6 Å². The molecule has 3 aromatic rings. The first kappa shape index (κ1) is 21.7. The quantitative estimate of drug-likeness (QED) is 0.623. The van der Waals surface area contributed by atoms with Crippen LogP contribution in [0, 0.1) is 6.92 Å². The van der Waals surface area contributed by atoms with E-state index < -0.39 is 0 Å². The Hall–Kier alpha value is -3.48. The number of amides is 1. The number of nitrogens with two attached hydrogens (primary N) is 1. The van der Waals surface area contributed by atoms with Gasteiger partial charge in [-0.05, 0) is 60.7 Å². The minimum atomic E-state index is -0.0227. The van der Waals surface area contributed by atoms with E-state index in [2.05, 4.69) is 54.4 Å². The zero-order valence-electron chi connectivity index (χ0n) is 19.1. The van der Waals surface area contributed by atoms with Gasteiger partial charge in [-0.2, -0.15) is 0 Å². The summed E-state index contributed by atoms with van der Waals surface area (Å²) in [6.45, 7) is 12.7. The number of hydrogen-bond acceptors (Lipinski definition) is 6. The number of benzene rings is 1. The molecule has 0 bridgehead atoms. The van der Waals surface area contributed by atoms with Crippen LogP contribution in [-0.2, 0) is 17.6 Å². The standard InChI is InChI=1S/C25H30N6O/c1-5-17-13-22(26)29-24(18(17)6-2)19-14-21-20(12-16(19)4)25(28-15-27-21)31-10-8-30(9-11-31)23(32)7-3/h7,12-15H,3,5-6,8-11H2,1-2,4H3,(H2,26,29). The molecule has 1 fully saturated rings. The number of fused-ring (bicyclic) bond motifs is 1. The number of piperazine rings is 1. The van der Waals surface area contributed by atoms with Crippen LogP contribution in [0.5, 0.6) is 0 Å². The van der Waals surface area contributed by atoms with E-state index in [1.165, 1.54) is 17.2 Å². The molecule has 1 aliphatic heterocycles. The summed E-state index contributed by atoms with van der Waals surface area (Å²) < 4.78 is 0. The average Bonchev–Trinajstić information content (AvgIpc) is 2.82. The molecule has 1 aromatic carbocycles. The highest BCUT2D eigenvalue weighted by Crippen LogP contribution is 2.34. The fourth-order valence-electron chi connectivity index (χ4n) is 4.55. The van der Waals surface area contributed by atoms with Crippen molar-refractivity contribution in [2.24, 2.45) is 0 Å². The number of aromatic nitrogens is 3. The zero-order chi connectivity index (χ0) is 22.8. The van der Waals surface area contributed by atoms with E-state index in [9.17, 15) is 4.79 Å². The average molecular weight is 431 g/mol. The first-order valence-electron chi connectivity index (χ1n) is 11.2. The Morgan fingerprint density at radius 1 is 1.12 bits per heavy atom. The van der Waals surface area contributed by atoms with Gasteiger partial charge in [-0.15, -0.1) is 0 Å². The van der Waals surface area contributed by atoms with E-state index in [0.717, 1.165) is 59.5 Å². The summed E-state index contributed by atoms with van der Waals surface area (Å²) in [4.78, 5) is 29.8. The first-order chi connectivity index (χ1) is 15.5. The SMILES string of the molecule is C=CC(=O)N1CCN(c2ncnc3cc(-c4nc(N)cc(CC)c4CC)c(C)cc23)CC1. The van der Waals surface area contributed by atoms with Gasteiger partial charge in [0.25, 0.3) is 0 Å². The molecule has 0 radical (unpaired) electrons. The number of aryl methyl sites for hydroxylation is 2. The van der Waals surface area contributed by atoms with Gasteiger partial charge in [-0.25, -0.2) is 15.0 Å². The maximum Gasteiger partial charge on any atom is 0.246 e. The third kappa shape index (κ3) is 3.90. The summed E-state index contributed by atoms with van der Waals surface area (Å²) >= 11 is 0. The molecule has 0 spiro atoms. The molecular formula is C25H30N6O. The number of anilines is 2. The van der Waals surface area contributed by atoms with Gasteiger partial charge < -0.3 is 15.5 Å². The molecule has 0 atom stereocenters. The molecule has 1 amide bonds. The fraction of sp³-hybridized carbons (Fsp3) is 0.360. The summed E-state index contributed by atoms with van der Waals surface area (Å²) in [6.07, 6.45) is 4.80. The van der Waals surface area contributed by atoms with Crippen LogP contribution in [0.15, 0.2) is 37.2 Å². The van der Waals surface area contributed by atoms with Crippen LogP contribution in [-0.4, -0.2) is 51.9 Å². The molecule has 1 aliphatic rings. The molecular weight excluding hydrogens is 400 g/mol. The Morgan fingerprint density at radius 3 is 2.53 bits per heavy atom. The lowest BCUT2D eigenvalue weighted by Crippen LogP contribution is -2.48. The van der Waals surface area contributed by atoms with Crippen molar-refractivity contribution in [2.75, 3.05) is 36.8 Å². The molecule has 1 saturated heterocycles. The van der Waals surface area contributed by atoms with Crippen molar-refractivity contribution < 1.29 is 4.79 Å². The van der Waals surface area contributed by atoms with Gasteiger partial charge in [0.15, 0.2) is 0 Å². The van der Waals surface area contributed by atoms with Crippen molar-refractivity contribution in [3.8, 4) is 11.3 Å². The smallest absolute Gasteiger partial charge is 0.246 e. The number of pyridine rings is 1. The van der Waals surface area contributed by atoms with Crippen molar-refractivity contribution >= 4 is 28.4 Å². The topological polar surface area (TPSA) is 88.2 Å². The second kappa shape index (κ2) is 8.94. The van der Waals surface area contributed by atoms with Crippen LogP contribution < -0.4 is 10.6 Å². The number of rotatable bonds is 5. The first-order valence-corrected chi connectivity index (χ1v) is 11.2. The van der Waals surface area contributed by atoms with Crippen LogP contribution in [0.3, 0.4) is 0 Å². The Bertz CT molecular complexity index is 1180. The normalized spacial score (nSPS) is 14.1. The van der Waals surface area contributed by atoms with Gasteiger partial charge >= 0.3 is 0 Å². The third-order valence-corrected chi connectivity index (χ3v) is 6.25. The highest BCUT2D eigenvalue weighted by molar-refractivity contribution is 5.94. The van der Waals surface area contributed by atoms with E-state index in [1.807, 2.05) is 11.0 Å². The van der Waals surface area contributed by atoms with E-state index >= 15 is 0 Å². The molecule has 2 aromatic heterocycles. The fourth-order valence-corrected chi connectivity index (χ4v) is 4.55. The lowest BCUT2D eigenvalue weighted by atomic mass is 9.94. The van der Waals surface area contributed by atoms with Crippen LogP contribution in [0.1, 0.15) is 30.5 Å². The number of carbonyl (C=O) groups is 1. The van der Waals surface area contributed by atoms with Gasteiger partial charge in [0.2, 0.25) is 5.91 Å². The highest BCUT2D eigenvalue weighted by atomic mass is 16.2. The maximum absolute atomic E-state index is 11.9. The van der Waals surface area contributed by atoms with E-state index in [0.29, 0.717) is 18.9 Å². The van der Waals surface area contributed by atoms with Crippen LogP contribution in [0.25, 0.3) is 22.2 Å². The van der Waals surface area contributed by atoms with E-state index in [1.54, 1.807) is 6.33 Å². The summed E-state index contributed by atoms with van der Waals surface area (Å²) in [6, 6.07) is 6.24. The predicted molar refractivity (Wildman–Crippen MR) is 130 cm³/mol. The second-order valence-corrected chi connectivity index (χ2v) is 8.14. The number of hydrogen-bond donors (Lipinski definition) is 1. The third-order valence-electron chi connectivity index (χ3n) is 6.25. The summed E-state index contributed by atoms with van der Waals surface area (Å²) in [5, 5.41) is 1.01. The molecule has 166 valence electrons. The number of nitrogens with zero attached hydrogens (tertiary/aromatic N) is 5. The van der Waals surface area contributed by atoms with Gasteiger partial charge in [-0.3, -0.25) is 4.79 Å². The Morgan fingerprint density at radius 2 is 1.88 bits per heavy atom. The molecule has 7 nitrogen and oxygen atoms in total. The Labute approximate surface area is 189 Å².